The number of fused-ring (bicyclic) bond motifs is 1. The number of carbonyl (C=O) groups is 1. The van der Waals surface area contributed by atoms with Crippen LogP contribution in [-0.2, 0) is 4.74 Å². The van der Waals surface area contributed by atoms with E-state index in [1.165, 1.54) is 6.07 Å². The zero-order valence-electron chi connectivity index (χ0n) is 16.5. The minimum Gasteiger partial charge on any atom is -0.507 e. The van der Waals surface area contributed by atoms with Gasteiger partial charge in [-0.3, -0.25) is 0 Å². The number of aromatic carboxylic acids is 1. The Labute approximate surface area is 168 Å². The Bertz CT molecular complexity index is 1170. The molecule has 0 saturated heterocycles. The molecule has 1 aromatic heterocycles. The van der Waals surface area contributed by atoms with E-state index < -0.39 is 5.97 Å². The number of phenolic OH excluding ortho intramolecular Hbond substituents is 1. The van der Waals surface area contributed by atoms with Gasteiger partial charge in [0.15, 0.2) is 0 Å². The average Bonchev–Trinajstić information content (AvgIpc) is 3.13. The fourth-order valence-electron chi connectivity index (χ4n) is 3.13. The lowest BCUT2D eigenvalue weighted by Crippen LogP contribution is -1.96. The summed E-state index contributed by atoms with van der Waals surface area (Å²) in [6.45, 7) is 7.35. The molecule has 3 N–H and O–H groups in total. The molecule has 0 radical (unpaired) electrons. The Balaban J connectivity index is 2.18. The minimum atomic E-state index is -1.00. The van der Waals surface area contributed by atoms with Gasteiger partial charge >= 0.3 is 5.97 Å². The van der Waals surface area contributed by atoms with Crippen molar-refractivity contribution in [2.45, 2.75) is 13.8 Å². The van der Waals surface area contributed by atoms with Crippen LogP contribution in [0.2, 0.25) is 0 Å². The monoisotopic (exact) mass is 390 g/mol. The number of nitrogens with zero attached hydrogens (tertiary/aromatic N) is 1. The molecule has 0 spiro atoms. The second kappa shape index (κ2) is 8.06. The lowest BCUT2D eigenvalue weighted by Gasteiger charge is -2.10. The fraction of sp³-hybridized carbons (Fsp3) is 0.130. The van der Waals surface area contributed by atoms with Crippen LogP contribution in [0.3, 0.4) is 0 Å². The van der Waals surface area contributed by atoms with Crippen LogP contribution in [0.4, 0.5) is 0 Å². The number of hydrogen-bond acceptors (Lipinski definition) is 4. The van der Waals surface area contributed by atoms with Crippen molar-refractivity contribution >= 4 is 22.6 Å². The summed E-state index contributed by atoms with van der Waals surface area (Å²) in [6.07, 6.45) is 5.36. The topological polar surface area (TPSA) is 95.4 Å². The predicted molar refractivity (Wildman–Crippen MR) is 114 cm³/mol. The number of H-pyrrole nitrogens is 1. The van der Waals surface area contributed by atoms with Crippen LogP contribution in [0, 0.1) is 6.92 Å². The molecule has 0 saturated carbocycles. The number of aromatic hydroxyl groups is 1. The Morgan fingerprint density at radius 1 is 1.24 bits per heavy atom. The normalized spacial score (nSPS) is 12.2. The summed E-state index contributed by atoms with van der Waals surface area (Å²) in [6, 6.07) is 8.31. The molecular weight excluding hydrogens is 368 g/mol. The molecule has 3 aromatic rings. The molecule has 0 aliphatic heterocycles. The van der Waals surface area contributed by atoms with Crippen molar-refractivity contribution in [2.24, 2.45) is 0 Å². The molecule has 29 heavy (non-hydrogen) atoms. The number of allylic oxidation sites excluding steroid dienone is 5. The van der Waals surface area contributed by atoms with Gasteiger partial charge in [-0.15, -0.1) is 0 Å². The number of aromatic nitrogens is 2. The number of rotatable bonds is 6. The molecule has 0 amide bonds. The van der Waals surface area contributed by atoms with E-state index >= 15 is 0 Å². The van der Waals surface area contributed by atoms with E-state index in [1.807, 2.05) is 25.1 Å². The molecule has 1 heterocycles. The van der Waals surface area contributed by atoms with Crippen molar-refractivity contribution in [2.75, 3.05) is 7.11 Å². The van der Waals surface area contributed by atoms with Crippen molar-refractivity contribution in [1.82, 2.24) is 9.97 Å². The summed E-state index contributed by atoms with van der Waals surface area (Å²) in [5.74, 6) is 0.222. The third-order valence-electron chi connectivity index (χ3n) is 4.67. The van der Waals surface area contributed by atoms with Gasteiger partial charge in [-0.05, 0) is 49.2 Å². The third kappa shape index (κ3) is 3.91. The number of aromatic amines is 1. The van der Waals surface area contributed by atoms with Gasteiger partial charge in [0.05, 0.1) is 29.3 Å². The smallest absolute Gasteiger partial charge is 0.335 e. The first kappa shape index (κ1) is 19.9. The maximum atomic E-state index is 11.3. The van der Waals surface area contributed by atoms with Crippen LogP contribution in [-0.4, -0.2) is 33.3 Å². The lowest BCUT2D eigenvalue weighted by atomic mass is 10.0. The summed E-state index contributed by atoms with van der Waals surface area (Å²) >= 11 is 0. The van der Waals surface area contributed by atoms with Crippen LogP contribution in [0.5, 0.6) is 5.75 Å². The molecule has 6 heteroatoms. The Hall–Kier alpha value is -3.80. The van der Waals surface area contributed by atoms with Gasteiger partial charge in [0.2, 0.25) is 0 Å². The number of hydrogen-bond donors (Lipinski definition) is 3. The SMILES string of the molecule is C=C/C=C\C(=C(/C)OC)c1ccc(O)c(-c2nc3c(C)cc(C(=O)O)cc3[nH]2)c1. The minimum absolute atomic E-state index is 0.0611. The van der Waals surface area contributed by atoms with Gasteiger partial charge in [-0.25, -0.2) is 9.78 Å². The van der Waals surface area contributed by atoms with Crippen molar-refractivity contribution in [3.05, 3.63) is 77.6 Å². The Morgan fingerprint density at radius 2 is 2.00 bits per heavy atom. The molecule has 0 fully saturated rings. The first-order valence-corrected chi connectivity index (χ1v) is 8.97. The highest BCUT2D eigenvalue weighted by Crippen LogP contribution is 2.33. The Morgan fingerprint density at radius 3 is 2.66 bits per heavy atom. The average molecular weight is 390 g/mol. The molecule has 0 aliphatic carbocycles. The van der Waals surface area contributed by atoms with Gasteiger partial charge < -0.3 is 19.9 Å². The highest BCUT2D eigenvalue weighted by atomic mass is 16.5. The van der Waals surface area contributed by atoms with E-state index in [1.54, 1.807) is 38.3 Å². The summed E-state index contributed by atoms with van der Waals surface area (Å²) in [4.78, 5) is 19.0. The first-order chi connectivity index (χ1) is 13.8. The lowest BCUT2D eigenvalue weighted by molar-refractivity contribution is 0.0697. The molecule has 2 aromatic carbocycles. The largest absolute Gasteiger partial charge is 0.507 e. The van der Waals surface area contributed by atoms with Crippen LogP contribution >= 0.6 is 0 Å². The summed E-state index contributed by atoms with van der Waals surface area (Å²) in [7, 11) is 1.60. The van der Waals surface area contributed by atoms with Crippen molar-refractivity contribution < 1.29 is 19.7 Å². The zero-order chi connectivity index (χ0) is 21.1. The number of imidazole rings is 1. The standard InChI is InChI=1S/C23H22N2O4/c1-5-6-7-17(14(3)29-4)15-8-9-20(26)18(11-15)22-24-19-12-16(23(27)28)10-13(2)21(19)25-22/h5-12,26H,1H2,2-4H3,(H,24,25)(H,27,28)/b7-6-,17-14-. The van der Waals surface area contributed by atoms with E-state index in [2.05, 4.69) is 16.5 Å². The van der Waals surface area contributed by atoms with Crippen LogP contribution in [0.15, 0.2) is 60.9 Å². The third-order valence-corrected chi connectivity index (χ3v) is 4.67. The number of nitrogens with one attached hydrogen (secondary N) is 1. The van der Waals surface area contributed by atoms with E-state index in [4.69, 9.17) is 4.74 Å². The molecular formula is C23H22N2O4. The highest BCUT2D eigenvalue weighted by molar-refractivity contribution is 5.94. The molecule has 0 bridgehead atoms. The van der Waals surface area contributed by atoms with Gasteiger partial charge in [0.25, 0.3) is 0 Å². The number of phenols is 1. The van der Waals surface area contributed by atoms with Gasteiger partial charge in [-0.2, -0.15) is 0 Å². The van der Waals surface area contributed by atoms with Crippen LogP contribution in [0.25, 0.3) is 28.0 Å². The van der Waals surface area contributed by atoms with Crippen LogP contribution in [0.1, 0.15) is 28.4 Å². The summed E-state index contributed by atoms with van der Waals surface area (Å²) in [5, 5.41) is 19.7. The summed E-state index contributed by atoms with van der Waals surface area (Å²) in [5.41, 5.74) is 4.35. The van der Waals surface area contributed by atoms with Gasteiger partial charge in [0.1, 0.15) is 17.3 Å². The molecule has 0 aliphatic rings. The molecule has 148 valence electrons. The van der Waals surface area contributed by atoms with E-state index in [0.717, 1.165) is 16.7 Å². The fourth-order valence-corrected chi connectivity index (χ4v) is 3.13. The van der Waals surface area contributed by atoms with Gasteiger partial charge in [-0.1, -0.05) is 30.9 Å². The molecule has 0 unspecified atom stereocenters. The van der Waals surface area contributed by atoms with Crippen molar-refractivity contribution in [3.8, 4) is 17.1 Å². The highest BCUT2D eigenvalue weighted by Gasteiger charge is 2.15. The van der Waals surface area contributed by atoms with E-state index in [0.29, 0.717) is 28.2 Å². The van der Waals surface area contributed by atoms with Crippen LogP contribution < -0.4 is 0 Å². The number of benzene rings is 2. The number of carboxylic acid groups (broad SMARTS) is 1. The second-order valence-corrected chi connectivity index (χ2v) is 6.58. The summed E-state index contributed by atoms with van der Waals surface area (Å²) < 4.78 is 5.39. The maximum Gasteiger partial charge on any atom is 0.335 e. The molecule has 3 rings (SSSR count). The number of aryl methyl sites for hydroxylation is 1. The number of carboxylic acids is 1. The maximum absolute atomic E-state index is 11.3. The second-order valence-electron chi connectivity index (χ2n) is 6.58. The van der Waals surface area contributed by atoms with E-state index in [-0.39, 0.29) is 11.3 Å². The number of methoxy groups -OCH3 is 1. The Kier molecular flexibility index (Phi) is 5.54. The van der Waals surface area contributed by atoms with Crippen molar-refractivity contribution in [1.29, 1.82) is 0 Å². The zero-order valence-corrected chi connectivity index (χ0v) is 16.5. The quantitative estimate of drug-likeness (QED) is 0.404. The molecule has 0 atom stereocenters. The number of ether oxygens (including phenoxy) is 1. The first-order valence-electron chi connectivity index (χ1n) is 8.97. The molecule has 6 nitrogen and oxygen atoms in total. The van der Waals surface area contributed by atoms with E-state index in [9.17, 15) is 15.0 Å². The van der Waals surface area contributed by atoms with Gasteiger partial charge in [0, 0.05) is 5.57 Å². The predicted octanol–water partition coefficient (Wildman–Crippen LogP) is 5.06. The van der Waals surface area contributed by atoms with Crippen molar-refractivity contribution in [3.63, 3.8) is 0 Å².